The second-order valence-corrected chi connectivity index (χ2v) is 5.65. The zero-order valence-electron chi connectivity index (χ0n) is 12.8. The largest absolute Gasteiger partial charge is 0.362 e. The van der Waals surface area contributed by atoms with Gasteiger partial charge in [0.1, 0.15) is 12.3 Å². The van der Waals surface area contributed by atoms with E-state index < -0.39 is 0 Å². The Morgan fingerprint density at radius 3 is 1.35 bits per heavy atom. The summed E-state index contributed by atoms with van der Waals surface area (Å²) in [6.07, 6.45) is 0.472. The summed E-state index contributed by atoms with van der Waals surface area (Å²) >= 11 is 0. The lowest BCUT2D eigenvalue weighted by molar-refractivity contribution is 1.07. The quantitative estimate of drug-likeness (QED) is 0.685. The number of para-hydroxylation sites is 3. The SMILES string of the molecule is c1ccc(N[C@@H]2[C@@H](Nc3ccccc3)N2c2ccccc2)cc1. The Hall–Kier alpha value is -2.94. The van der Waals surface area contributed by atoms with E-state index in [9.17, 15) is 0 Å². The van der Waals surface area contributed by atoms with Gasteiger partial charge in [-0.25, -0.2) is 0 Å². The number of anilines is 3. The van der Waals surface area contributed by atoms with Gasteiger partial charge < -0.3 is 15.5 Å². The van der Waals surface area contributed by atoms with E-state index in [4.69, 9.17) is 0 Å². The lowest BCUT2D eigenvalue weighted by Crippen LogP contribution is -2.13. The smallest absolute Gasteiger partial charge is 0.141 e. The van der Waals surface area contributed by atoms with Gasteiger partial charge in [0.05, 0.1) is 0 Å². The fourth-order valence-electron chi connectivity index (χ4n) is 2.86. The first kappa shape index (κ1) is 13.7. The minimum atomic E-state index is 0.236. The third kappa shape index (κ3) is 2.99. The van der Waals surface area contributed by atoms with E-state index in [1.165, 1.54) is 5.69 Å². The molecule has 1 aliphatic heterocycles. The normalized spacial score (nSPS) is 19.2. The van der Waals surface area contributed by atoms with Crippen LogP contribution in [0.4, 0.5) is 17.1 Å². The second-order valence-electron chi connectivity index (χ2n) is 5.65. The van der Waals surface area contributed by atoms with Crippen LogP contribution in [0, 0.1) is 0 Å². The standard InChI is InChI=1S/C20H19N3/c1-4-10-16(11-5-1)21-19-20(22-17-12-6-2-7-13-17)23(19)18-14-8-3-9-15-18/h1-15,19-22H/t19-,20-/m0/s1. The maximum Gasteiger partial charge on any atom is 0.141 e. The van der Waals surface area contributed by atoms with Crippen molar-refractivity contribution in [2.75, 3.05) is 15.5 Å². The third-order valence-electron chi connectivity index (χ3n) is 4.04. The lowest BCUT2D eigenvalue weighted by atomic mass is 10.3. The Labute approximate surface area is 136 Å². The van der Waals surface area contributed by atoms with Crippen molar-refractivity contribution in [3.05, 3.63) is 91.0 Å². The highest BCUT2D eigenvalue weighted by molar-refractivity contribution is 5.64. The van der Waals surface area contributed by atoms with Crippen LogP contribution >= 0.6 is 0 Å². The molecular formula is C20H19N3. The molecule has 0 spiro atoms. The average molecular weight is 301 g/mol. The van der Waals surface area contributed by atoms with Gasteiger partial charge >= 0.3 is 0 Å². The maximum atomic E-state index is 3.60. The van der Waals surface area contributed by atoms with Crippen LogP contribution in [-0.4, -0.2) is 12.3 Å². The molecule has 1 saturated heterocycles. The first-order valence-electron chi connectivity index (χ1n) is 7.88. The Kier molecular flexibility index (Phi) is 3.60. The van der Waals surface area contributed by atoms with E-state index >= 15 is 0 Å². The van der Waals surface area contributed by atoms with Crippen molar-refractivity contribution < 1.29 is 0 Å². The molecule has 0 saturated carbocycles. The Bertz CT molecular complexity index is 696. The zero-order valence-corrected chi connectivity index (χ0v) is 12.8. The summed E-state index contributed by atoms with van der Waals surface area (Å²) in [6, 6.07) is 31.2. The van der Waals surface area contributed by atoms with Gasteiger partial charge in [0.15, 0.2) is 0 Å². The number of hydrogen-bond acceptors (Lipinski definition) is 3. The van der Waals surface area contributed by atoms with Crippen LogP contribution in [0.25, 0.3) is 0 Å². The second kappa shape index (κ2) is 6.05. The number of benzene rings is 3. The van der Waals surface area contributed by atoms with Gasteiger partial charge in [-0.3, -0.25) is 0 Å². The van der Waals surface area contributed by atoms with Crippen LogP contribution < -0.4 is 15.5 Å². The van der Waals surface area contributed by atoms with Crippen molar-refractivity contribution >= 4 is 17.1 Å². The molecule has 23 heavy (non-hydrogen) atoms. The molecule has 2 N–H and O–H groups in total. The van der Waals surface area contributed by atoms with Gasteiger partial charge in [-0.15, -0.1) is 0 Å². The van der Waals surface area contributed by atoms with E-state index in [1.54, 1.807) is 0 Å². The van der Waals surface area contributed by atoms with E-state index in [0.29, 0.717) is 0 Å². The van der Waals surface area contributed by atoms with Crippen LogP contribution in [-0.2, 0) is 0 Å². The molecule has 4 rings (SSSR count). The summed E-state index contributed by atoms with van der Waals surface area (Å²) in [5, 5.41) is 7.20. The molecule has 3 heteroatoms. The highest BCUT2D eigenvalue weighted by Gasteiger charge is 2.48. The third-order valence-corrected chi connectivity index (χ3v) is 4.04. The number of rotatable bonds is 5. The monoisotopic (exact) mass is 301 g/mol. The van der Waals surface area contributed by atoms with Crippen LogP contribution in [0.2, 0.25) is 0 Å². The van der Waals surface area contributed by atoms with Gasteiger partial charge in [-0.05, 0) is 36.4 Å². The summed E-state index contributed by atoms with van der Waals surface area (Å²) in [7, 11) is 0. The molecule has 0 aromatic heterocycles. The number of nitrogens with one attached hydrogen (secondary N) is 2. The Balaban J connectivity index is 1.55. The summed E-state index contributed by atoms with van der Waals surface area (Å²) in [5.74, 6) is 0. The number of hydrogen-bond donors (Lipinski definition) is 2. The predicted molar refractivity (Wildman–Crippen MR) is 96.6 cm³/mol. The first-order chi connectivity index (χ1) is 11.4. The molecule has 0 unspecified atom stereocenters. The highest BCUT2D eigenvalue weighted by atomic mass is 15.5. The van der Waals surface area contributed by atoms with E-state index in [1.807, 2.05) is 18.2 Å². The van der Waals surface area contributed by atoms with Crippen LogP contribution in [0.3, 0.4) is 0 Å². The summed E-state index contributed by atoms with van der Waals surface area (Å²) in [6.45, 7) is 0. The molecular weight excluding hydrogens is 282 g/mol. The molecule has 1 heterocycles. The molecule has 114 valence electrons. The fraction of sp³-hybridized carbons (Fsp3) is 0.100. The highest BCUT2D eigenvalue weighted by Crippen LogP contribution is 2.36. The van der Waals surface area contributed by atoms with E-state index in [0.717, 1.165) is 11.4 Å². The van der Waals surface area contributed by atoms with Crippen molar-refractivity contribution in [3.63, 3.8) is 0 Å². The molecule has 0 bridgehead atoms. The molecule has 3 nitrogen and oxygen atoms in total. The maximum absolute atomic E-state index is 3.60. The molecule has 0 aliphatic carbocycles. The Morgan fingerprint density at radius 1 is 0.522 bits per heavy atom. The molecule has 2 atom stereocenters. The van der Waals surface area contributed by atoms with Gasteiger partial charge in [-0.1, -0.05) is 54.6 Å². The molecule has 1 aliphatic rings. The minimum Gasteiger partial charge on any atom is -0.362 e. The van der Waals surface area contributed by atoms with Crippen LogP contribution in [0.5, 0.6) is 0 Å². The van der Waals surface area contributed by atoms with Crippen molar-refractivity contribution in [2.24, 2.45) is 0 Å². The lowest BCUT2D eigenvalue weighted by Gasteiger charge is -2.07. The molecule has 3 aromatic rings. The summed E-state index contributed by atoms with van der Waals surface area (Å²) in [5.41, 5.74) is 3.49. The molecule has 0 radical (unpaired) electrons. The first-order valence-corrected chi connectivity index (χ1v) is 7.88. The van der Waals surface area contributed by atoms with Gasteiger partial charge in [0.2, 0.25) is 0 Å². The number of nitrogens with zero attached hydrogens (tertiary/aromatic N) is 1. The van der Waals surface area contributed by atoms with Crippen molar-refractivity contribution in [1.29, 1.82) is 0 Å². The topological polar surface area (TPSA) is 27.1 Å². The predicted octanol–water partition coefficient (Wildman–Crippen LogP) is 4.38. The average Bonchev–Trinajstić information content (AvgIpc) is 3.29. The summed E-state index contributed by atoms with van der Waals surface area (Å²) < 4.78 is 0. The Morgan fingerprint density at radius 2 is 0.913 bits per heavy atom. The van der Waals surface area contributed by atoms with Crippen LogP contribution in [0.15, 0.2) is 91.0 Å². The molecule has 1 fully saturated rings. The molecule has 0 amide bonds. The summed E-state index contributed by atoms with van der Waals surface area (Å²) in [4.78, 5) is 2.35. The van der Waals surface area contributed by atoms with Crippen molar-refractivity contribution in [3.8, 4) is 0 Å². The van der Waals surface area contributed by atoms with E-state index in [2.05, 4.69) is 88.3 Å². The van der Waals surface area contributed by atoms with Crippen molar-refractivity contribution in [1.82, 2.24) is 0 Å². The molecule has 3 aromatic carbocycles. The van der Waals surface area contributed by atoms with Crippen LogP contribution in [0.1, 0.15) is 0 Å². The van der Waals surface area contributed by atoms with Gasteiger partial charge in [-0.2, -0.15) is 0 Å². The van der Waals surface area contributed by atoms with Gasteiger partial charge in [0, 0.05) is 17.1 Å². The van der Waals surface area contributed by atoms with Gasteiger partial charge in [0.25, 0.3) is 0 Å². The zero-order chi connectivity index (χ0) is 15.5. The van der Waals surface area contributed by atoms with E-state index in [-0.39, 0.29) is 12.3 Å². The minimum absolute atomic E-state index is 0.236. The fourth-order valence-corrected chi connectivity index (χ4v) is 2.86. The van der Waals surface area contributed by atoms with Crippen molar-refractivity contribution in [2.45, 2.75) is 12.3 Å².